The van der Waals surface area contributed by atoms with E-state index in [1.54, 1.807) is 30.5 Å². The molecule has 22 heavy (non-hydrogen) atoms. The van der Waals surface area contributed by atoms with Gasteiger partial charge in [0, 0.05) is 18.3 Å². The highest BCUT2D eigenvalue weighted by atomic mass is 16.4. The Morgan fingerprint density at radius 1 is 1.00 bits per heavy atom. The molecule has 0 saturated carbocycles. The highest BCUT2D eigenvalue weighted by Crippen LogP contribution is 2.16. The summed E-state index contributed by atoms with van der Waals surface area (Å²) in [6.07, 6.45) is 1.55. The van der Waals surface area contributed by atoms with Crippen molar-refractivity contribution >= 4 is 29.5 Å². The smallest absolute Gasteiger partial charge is 0.303 e. The van der Waals surface area contributed by atoms with Gasteiger partial charge in [-0.05, 0) is 29.8 Å². The van der Waals surface area contributed by atoms with Crippen molar-refractivity contribution in [2.24, 2.45) is 4.99 Å². The first-order chi connectivity index (χ1) is 10.6. The van der Waals surface area contributed by atoms with Gasteiger partial charge < -0.3 is 10.4 Å². The third kappa shape index (κ3) is 5.20. The fourth-order valence-electron chi connectivity index (χ4n) is 1.76. The van der Waals surface area contributed by atoms with Crippen LogP contribution in [0.4, 0.5) is 11.4 Å². The highest BCUT2D eigenvalue weighted by Gasteiger charge is 2.05. The van der Waals surface area contributed by atoms with Crippen LogP contribution in [0.25, 0.3) is 0 Å². The Hall–Kier alpha value is -2.95. The lowest BCUT2D eigenvalue weighted by molar-refractivity contribution is -0.138. The van der Waals surface area contributed by atoms with Gasteiger partial charge in [0.2, 0.25) is 5.91 Å². The number of carbonyl (C=O) groups is 2. The molecule has 5 heteroatoms. The first kappa shape index (κ1) is 15.4. The number of benzene rings is 2. The maximum Gasteiger partial charge on any atom is 0.303 e. The van der Waals surface area contributed by atoms with Crippen LogP contribution in [0.3, 0.4) is 0 Å². The van der Waals surface area contributed by atoms with Crippen molar-refractivity contribution in [3.05, 3.63) is 60.2 Å². The van der Waals surface area contributed by atoms with Gasteiger partial charge in [-0.15, -0.1) is 0 Å². The molecule has 2 aromatic carbocycles. The molecule has 0 atom stereocenters. The van der Waals surface area contributed by atoms with E-state index < -0.39 is 5.97 Å². The van der Waals surface area contributed by atoms with Crippen LogP contribution in [0.2, 0.25) is 0 Å². The normalized spacial score (nSPS) is 10.5. The molecule has 2 N–H and O–H groups in total. The molecule has 0 fully saturated rings. The Bertz CT molecular complexity index is 664. The molecule has 0 unspecified atom stereocenters. The van der Waals surface area contributed by atoms with Crippen LogP contribution in [0, 0.1) is 0 Å². The molecule has 0 heterocycles. The van der Waals surface area contributed by atoms with E-state index in [9.17, 15) is 9.59 Å². The molecule has 0 bridgehead atoms. The molecule has 0 aromatic heterocycles. The number of hydrogen-bond acceptors (Lipinski definition) is 3. The number of nitrogens with zero attached hydrogens (tertiary/aromatic N) is 1. The molecule has 0 aliphatic heterocycles. The van der Waals surface area contributed by atoms with E-state index >= 15 is 0 Å². The van der Waals surface area contributed by atoms with Gasteiger partial charge in [-0.3, -0.25) is 14.6 Å². The molecule has 0 radical (unpaired) electrons. The van der Waals surface area contributed by atoms with E-state index in [0.717, 1.165) is 11.3 Å². The van der Waals surface area contributed by atoms with E-state index in [1.165, 1.54) is 0 Å². The molecule has 1 amide bonds. The van der Waals surface area contributed by atoms with E-state index in [2.05, 4.69) is 10.3 Å². The number of amides is 1. The van der Waals surface area contributed by atoms with E-state index in [-0.39, 0.29) is 18.7 Å². The topological polar surface area (TPSA) is 78.8 Å². The van der Waals surface area contributed by atoms with Crippen LogP contribution in [-0.2, 0) is 9.59 Å². The van der Waals surface area contributed by atoms with E-state index in [0.29, 0.717) is 5.69 Å². The Balaban J connectivity index is 1.91. The van der Waals surface area contributed by atoms with Gasteiger partial charge in [0.1, 0.15) is 0 Å². The summed E-state index contributed by atoms with van der Waals surface area (Å²) >= 11 is 0. The van der Waals surface area contributed by atoms with Crippen LogP contribution in [0.1, 0.15) is 18.4 Å². The Kier molecular flexibility index (Phi) is 5.43. The molecular formula is C17H16N2O3. The summed E-state index contributed by atoms with van der Waals surface area (Å²) in [5.41, 5.74) is 2.40. The summed E-state index contributed by atoms with van der Waals surface area (Å²) in [5.74, 6) is -1.30. The molecule has 2 aromatic rings. The van der Waals surface area contributed by atoms with Gasteiger partial charge in [-0.2, -0.15) is 0 Å². The molecule has 5 nitrogen and oxygen atoms in total. The summed E-state index contributed by atoms with van der Waals surface area (Å²) in [5, 5.41) is 11.2. The van der Waals surface area contributed by atoms with Crippen LogP contribution in [-0.4, -0.2) is 23.2 Å². The predicted octanol–water partition coefficient (Wildman–Crippen LogP) is 3.24. The summed E-state index contributed by atoms with van der Waals surface area (Å²) in [4.78, 5) is 26.2. The third-order valence-electron chi connectivity index (χ3n) is 2.88. The first-order valence-corrected chi connectivity index (χ1v) is 6.84. The number of nitrogens with one attached hydrogen (secondary N) is 1. The number of hydrogen-bond donors (Lipinski definition) is 2. The molecule has 0 aliphatic rings. The number of carbonyl (C=O) groups excluding carboxylic acids is 1. The lowest BCUT2D eigenvalue weighted by Gasteiger charge is -2.04. The van der Waals surface area contributed by atoms with Crippen molar-refractivity contribution in [2.45, 2.75) is 12.8 Å². The number of carboxylic acid groups (broad SMARTS) is 1. The number of aliphatic imine (C=N–C) groups is 1. The Labute approximate surface area is 128 Å². The van der Waals surface area contributed by atoms with Crippen molar-refractivity contribution in [3.63, 3.8) is 0 Å². The summed E-state index contributed by atoms with van der Waals surface area (Å²) in [7, 11) is 0. The van der Waals surface area contributed by atoms with Crippen LogP contribution < -0.4 is 5.32 Å². The standard InChI is InChI=1S/C17H16N2O3/c20-16(10-11-17(21)22)19-15-8-6-14(7-9-15)18-12-13-4-2-1-3-5-13/h1-9,12H,10-11H2,(H,19,20)(H,21,22). The second-order valence-electron chi connectivity index (χ2n) is 4.66. The van der Waals surface area contributed by atoms with Gasteiger partial charge in [-0.1, -0.05) is 30.3 Å². The zero-order valence-corrected chi connectivity index (χ0v) is 11.9. The predicted molar refractivity (Wildman–Crippen MR) is 85.6 cm³/mol. The summed E-state index contributed by atoms with van der Waals surface area (Å²) in [6, 6.07) is 16.8. The largest absolute Gasteiger partial charge is 0.481 e. The quantitative estimate of drug-likeness (QED) is 0.803. The number of rotatable bonds is 6. The lowest BCUT2D eigenvalue weighted by Crippen LogP contribution is -2.12. The van der Waals surface area contributed by atoms with Crippen molar-refractivity contribution in [1.82, 2.24) is 0 Å². The minimum atomic E-state index is -0.985. The van der Waals surface area contributed by atoms with Crippen molar-refractivity contribution in [2.75, 3.05) is 5.32 Å². The van der Waals surface area contributed by atoms with Gasteiger partial charge in [0.25, 0.3) is 0 Å². The SMILES string of the molecule is O=C(O)CCC(=O)Nc1ccc(N=Cc2ccccc2)cc1. The van der Waals surface area contributed by atoms with Gasteiger partial charge in [-0.25, -0.2) is 0 Å². The fourth-order valence-corrected chi connectivity index (χ4v) is 1.76. The fraction of sp³-hybridized carbons (Fsp3) is 0.118. The zero-order valence-electron chi connectivity index (χ0n) is 11.9. The van der Waals surface area contributed by atoms with Crippen LogP contribution in [0.15, 0.2) is 59.6 Å². The Morgan fingerprint density at radius 2 is 1.68 bits per heavy atom. The number of anilines is 1. The van der Waals surface area contributed by atoms with Crippen LogP contribution in [0.5, 0.6) is 0 Å². The summed E-state index contributed by atoms with van der Waals surface area (Å²) < 4.78 is 0. The monoisotopic (exact) mass is 296 g/mol. The van der Waals surface area contributed by atoms with Gasteiger partial charge >= 0.3 is 5.97 Å². The third-order valence-corrected chi connectivity index (χ3v) is 2.88. The highest BCUT2D eigenvalue weighted by molar-refractivity contribution is 5.92. The van der Waals surface area contributed by atoms with Crippen molar-refractivity contribution < 1.29 is 14.7 Å². The lowest BCUT2D eigenvalue weighted by atomic mass is 10.2. The van der Waals surface area contributed by atoms with Gasteiger partial charge in [0.15, 0.2) is 0 Å². The average molecular weight is 296 g/mol. The van der Waals surface area contributed by atoms with Crippen molar-refractivity contribution in [1.29, 1.82) is 0 Å². The van der Waals surface area contributed by atoms with E-state index in [4.69, 9.17) is 5.11 Å². The molecule has 112 valence electrons. The minimum absolute atomic E-state index is 0.0384. The van der Waals surface area contributed by atoms with E-state index in [1.807, 2.05) is 30.3 Å². The maximum absolute atomic E-state index is 11.5. The minimum Gasteiger partial charge on any atom is -0.481 e. The van der Waals surface area contributed by atoms with Crippen LogP contribution >= 0.6 is 0 Å². The molecule has 0 spiro atoms. The number of carboxylic acids is 1. The first-order valence-electron chi connectivity index (χ1n) is 6.84. The average Bonchev–Trinajstić information content (AvgIpc) is 2.53. The van der Waals surface area contributed by atoms with Crippen molar-refractivity contribution in [3.8, 4) is 0 Å². The molecular weight excluding hydrogens is 280 g/mol. The summed E-state index contributed by atoms with van der Waals surface area (Å²) in [6.45, 7) is 0. The zero-order chi connectivity index (χ0) is 15.8. The number of aliphatic carboxylic acids is 1. The van der Waals surface area contributed by atoms with Gasteiger partial charge in [0.05, 0.1) is 12.1 Å². The molecule has 0 aliphatic carbocycles. The second kappa shape index (κ2) is 7.73. The molecule has 0 saturated heterocycles. The molecule has 2 rings (SSSR count). The Morgan fingerprint density at radius 3 is 2.32 bits per heavy atom. The second-order valence-corrected chi connectivity index (χ2v) is 4.66. The maximum atomic E-state index is 11.5.